The second-order valence-electron chi connectivity index (χ2n) is 4.50. The molecule has 0 bridgehead atoms. The van der Waals surface area contributed by atoms with Crippen LogP contribution in [0.4, 0.5) is 0 Å². The summed E-state index contributed by atoms with van der Waals surface area (Å²) in [4.78, 5) is 12.8. The maximum Gasteiger partial charge on any atom is 0.317 e. The number of aliphatic carboxylic acids is 1. The van der Waals surface area contributed by atoms with Crippen molar-refractivity contribution >= 4 is 5.97 Å². The molecule has 92 valence electrons. The van der Waals surface area contributed by atoms with Crippen molar-refractivity contribution in [1.29, 1.82) is 0 Å². The number of hydrogen-bond acceptors (Lipinski definition) is 3. The van der Waals surface area contributed by atoms with Crippen LogP contribution in [0, 0.1) is 0 Å². The van der Waals surface area contributed by atoms with Crippen molar-refractivity contribution in [3.8, 4) is 0 Å². The third kappa shape index (κ3) is 3.54. The average molecular weight is 235 g/mol. The van der Waals surface area contributed by atoms with Crippen molar-refractivity contribution in [1.82, 2.24) is 4.90 Å². The molecule has 2 N–H and O–H groups in total. The van der Waals surface area contributed by atoms with Gasteiger partial charge < -0.3 is 10.2 Å². The molecule has 4 heteroatoms. The van der Waals surface area contributed by atoms with Gasteiger partial charge in [0.25, 0.3) is 0 Å². The van der Waals surface area contributed by atoms with Crippen LogP contribution in [0.15, 0.2) is 24.3 Å². The Labute approximate surface area is 100 Å². The van der Waals surface area contributed by atoms with Gasteiger partial charge in [-0.3, -0.25) is 9.69 Å². The first kappa shape index (κ1) is 12.1. The molecule has 1 aromatic carbocycles. The number of aliphatic hydroxyl groups is 1. The van der Waals surface area contributed by atoms with Crippen LogP contribution in [0.1, 0.15) is 24.0 Å². The molecule has 17 heavy (non-hydrogen) atoms. The van der Waals surface area contributed by atoms with Gasteiger partial charge in [0.2, 0.25) is 0 Å². The van der Waals surface area contributed by atoms with Crippen molar-refractivity contribution in [2.75, 3.05) is 6.54 Å². The average Bonchev–Trinajstić information content (AvgIpc) is 3.12. The van der Waals surface area contributed by atoms with Crippen LogP contribution in [0.5, 0.6) is 0 Å². The monoisotopic (exact) mass is 235 g/mol. The number of aliphatic hydroxyl groups excluding tert-OH is 1. The highest BCUT2D eigenvalue weighted by molar-refractivity contribution is 5.69. The van der Waals surface area contributed by atoms with Crippen molar-refractivity contribution in [2.45, 2.75) is 32.0 Å². The molecule has 0 aliphatic heterocycles. The van der Waals surface area contributed by atoms with Crippen LogP contribution in [0.25, 0.3) is 0 Å². The Hall–Kier alpha value is -1.39. The summed E-state index contributed by atoms with van der Waals surface area (Å²) in [6, 6.07) is 8.08. The molecule has 1 fully saturated rings. The number of hydrogen-bond donors (Lipinski definition) is 2. The predicted molar refractivity (Wildman–Crippen MR) is 63.4 cm³/mol. The zero-order chi connectivity index (χ0) is 12.3. The summed E-state index contributed by atoms with van der Waals surface area (Å²) in [6.45, 7) is 0.816. The molecule has 1 aromatic rings. The molecule has 0 radical (unpaired) electrons. The minimum atomic E-state index is -0.774. The largest absolute Gasteiger partial charge is 0.480 e. The van der Waals surface area contributed by atoms with E-state index in [1.54, 1.807) is 0 Å². The van der Waals surface area contributed by atoms with E-state index in [-0.39, 0.29) is 13.2 Å². The van der Waals surface area contributed by atoms with Crippen LogP contribution in [0.2, 0.25) is 0 Å². The molecule has 0 saturated heterocycles. The van der Waals surface area contributed by atoms with Crippen LogP contribution < -0.4 is 0 Å². The maximum atomic E-state index is 10.8. The first-order valence-corrected chi connectivity index (χ1v) is 5.83. The number of carbonyl (C=O) groups is 1. The van der Waals surface area contributed by atoms with Crippen molar-refractivity contribution < 1.29 is 15.0 Å². The molecule has 0 unspecified atom stereocenters. The molecular weight excluding hydrogens is 218 g/mol. The highest BCUT2D eigenvalue weighted by Gasteiger charge is 2.30. The van der Waals surface area contributed by atoms with Gasteiger partial charge >= 0.3 is 5.97 Å². The number of carboxylic acids is 1. The van der Waals surface area contributed by atoms with Gasteiger partial charge in [-0.2, -0.15) is 0 Å². The molecule has 2 rings (SSSR count). The smallest absolute Gasteiger partial charge is 0.317 e. The number of rotatable bonds is 6. The zero-order valence-corrected chi connectivity index (χ0v) is 9.67. The lowest BCUT2D eigenvalue weighted by molar-refractivity contribution is -0.138. The Kier molecular flexibility index (Phi) is 3.76. The second kappa shape index (κ2) is 5.29. The Balaban J connectivity index is 1.98. The summed E-state index contributed by atoms with van der Waals surface area (Å²) in [5.41, 5.74) is 1.97. The SMILES string of the molecule is O=C(O)CN(Cc1ccc(CO)cc1)C1CC1. The Morgan fingerprint density at radius 2 is 1.82 bits per heavy atom. The summed E-state index contributed by atoms with van der Waals surface area (Å²) in [5, 5.41) is 17.8. The van der Waals surface area contributed by atoms with Crippen LogP contribution in [-0.4, -0.2) is 33.7 Å². The van der Waals surface area contributed by atoms with E-state index in [0.29, 0.717) is 12.6 Å². The molecule has 1 aliphatic rings. The standard InChI is InChI=1S/C13H17NO3/c15-9-11-3-1-10(2-4-11)7-14(8-13(16)17)12-5-6-12/h1-4,12,15H,5-9H2,(H,16,17). The van der Waals surface area contributed by atoms with Gasteiger partial charge in [0, 0.05) is 12.6 Å². The molecule has 1 saturated carbocycles. The van der Waals surface area contributed by atoms with Gasteiger partial charge in [0.1, 0.15) is 0 Å². The quantitative estimate of drug-likeness (QED) is 0.778. The lowest BCUT2D eigenvalue weighted by Crippen LogP contribution is -2.31. The topological polar surface area (TPSA) is 60.8 Å². The summed E-state index contributed by atoms with van der Waals surface area (Å²) in [7, 11) is 0. The molecule has 1 aliphatic carbocycles. The highest BCUT2D eigenvalue weighted by atomic mass is 16.4. The molecule has 0 amide bonds. The lowest BCUT2D eigenvalue weighted by Gasteiger charge is -2.19. The van der Waals surface area contributed by atoms with E-state index < -0.39 is 5.97 Å². The fourth-order valence-corrected chi connectivity index (χ4v) is 1.91. The van der Waals surface area contributed by atoms with E-state index in [1.807, 2.05) is 29.2 Å². The molecule has 0 aromatic heterocycles. The van der Waals surface area contributed by atoms with Gasteiger partial charge in [-0.15, -0.1) is 0 Å². The van der Waals surface area contributed by atoms with Gasteiger partial charge in [-0.05, 0) is 24.0 Å². The van der Waals surface area contributed by atoms with E-state index in [2.05, 4.69) is 0 Å². The predicted octanol–water partition coefficient (Wildman–Crippen LogP) is 1.23. The maximum absolute atomic E-state index is 10.8. The number of nitrogens with zero attached hydrogens (tertiary/aromatic N) is 1. The first-order chi connectivity index (χ1) is 8.19. The van der Waals surface area contributed by atoms with E-state index in [4.69, 9.17) is 10.2 Å². The van der Waals surface area contributed by atoms with Crippen molar-refractivity contribution in [3.63, 3.8) is 0 Å². The van der Waals surface area contributed by atoms with Gasteiger partial charge in [-0.25, -0.2) is 0 Å². The Morgan fingerprint density at radius 1 is 1.24 bits per heavy atom. The normalized spacial score (nSPS) is 15.2. The Morgan fingerprint density at radius 3 is 2.29 bits per heavy atom. The molecule has 0 heterocycles. The fraction of sp³-hybridized carbons (Fsp3) is 0.462. The van der Waals surface area contributed by atoms with Crippen LogP contribution in [0.3, 0.4) is 0 Å². The van der Waals surface area contributed by atoms with Gasteiger partial charge in [0.05, 0.1) is 13.2 Å². The van der Waals surface area contributed by atoms with E-state index >= 15 is 0 Å². The summed E-state index contributed by atoms with van der Waals surface area (Å²) in [5.74, 6) is -0.774. The minimum absolute atomic E-state index is 0.0434. The zero-order valence-electron chi connectivity index (χ0n) is 9.67. The van der Waals surface area contributed by atoms with Crippen molar-refractivity contribution in [2.24, 2.45) is 0 Å². The molecular formula is C13H17NO3. The van der Waals surface area contributed by atoms with Gasteiger partial charge in [-0.1, -0.05) is 24.3 Å². The molecule has 4 nitrogen and oxygen atoms in total. The third-order valence-electron chi connectivity index (χ3n) is 2.99. The third-order valence-corrected chi connectivity index (χ3v) is 2.99. The molecule has 0 spiro atoms. The summed E-state index contributed by atoms with van der Waals surface area (Å²) < 4.78 is 0. The number of benzene rings is 1. The second-order valence-corrected chi connectivity index (χ2v) is 4.50. The van der Waals surface area contributed by atoms with E-state index in [1.165, 1.54) is 0 Å². The highest BCUT2D eigenvalue weighted by Crippen LogP contribution is 2.28. The Bertz CT molecular complexity index is 384. The van der Waals surface area contributed by atoms with Crippen molar-refractivity contribution in [3.05, 3.63) is 35.4 Å². The first-order valence-electron chi connectivity index (χ1n) is 5.83. The lowest BCUT2D eigenvalue weighted by atomic mass is 10.1. The summed E-state index contributed by atoms with van der Waals surface area (Å²) in [6.07, 6.45) is 2.20. The minimum Gasteiger partial charge on any atom is -0.480 e. The van der Waals surface area contributed by atoms with E-state index in [9.17, 15) is 4.79 Å². The van der Waals surface area contributed by atoms with Crippen LogP contribution >= 0.6 is 0 Å². The van der Waals surface area contributed by atoms with Crippen LogP contribution in [-0.2, 0) is 17.9 Å². The summed E-state index contributed by atoms with van der Waals surface area (Å²) >= 11 is 0. The molecule has 0 atom stereocenters. The van der Waals surface area contributed by atoms with E-state index in [0.717, 1.165) is 24.0 Å². The van der Waals surface area contributed by atoms with Gasteiger partial charge in [0.15, 0.2) is 0 Å². The fourth-order valence-electron chi connectivity index (χ4n) is 1.91. The number of carboxylic acid groups (broad SMARTS) is 1.